The van der Waals surface area contributed by atoms with Gasteiger partial charge in [-0.15, -0.1) is 0 Å². The Hall–Kier alpha value is -2.53. The van der Waals surface area contributed by atoms with Gasteiger partial charge in [0.15, 0.2) is 11.6 Å². The van der Waals surface area contributed by atoms with Crippen molar-refractivity contribution in [2.45, 2.75) is 4.90 Å². The maximum Gasteiger partial charge on any atom is 0.263 e. The Morgan fingerprint density at radius 2 is 1.90 bits per heavy atom. The molecule has 0 amide bonds. The van der Waals surface area contributed by atoms with E-state index in [0.29, 0.717) is 12.1 Å². The molecule has 1 aromatic carbocycles. The van der Waals surface area contributed by atoms with Crippen LogP contribution < -0.4 is 4.72 Å². The number of rotatable bonds is 3. The maximum atomic E-state index is 13.0. The Bertz CT molecular complexity index is 801. The molecule has 1 aromatic heterocycles. The summed E-state index contributed by atoms with van der Waals surface area (Å²) in [4.78, 5) is 3.28. The van der Waals surface area contributed by atoms with Gasteiger partial charge in [0.2, 0.25) is 0 Å². The molecule has 0 fully saturated rings. The second-order valence-corrected chi connectivity index (χ2v) is 5.41. The molecule has 8 heteroatoms. The third-order valence-electron chi connectivity index (χ3n) is 2.33. The summed E-state index contributed by atoms with van der Waals surface area (Å²) in [5.41, 5.74) is 0.211. The average Bonchev–Trinajstić information content (AvgIpc) is 2.41. The molecule has 0 spiro atoms. The van der Waals surface area contributed by atoms with Crippen molar-refractivity contribution in [1.82, 2.24) is 4.98 Å². The predicted octanol–water partition coefficient (Wildman–Crippen LogP) is 2.03. The number of hydrogen-bond donors (Lipinski definition) is 1. The number of halogens is 2. The Morgan fingerprint density at radius 1 is 1.15 bits per heavy atom. The zero-order valence-electron chi connectivity index (χ0n) is 9.84. The van der Waals surface area contributed by atoms with Crippen LogP contribution in [-0.4, -0.2) is 13.4 Å². The molecule has 5 nitrogen and oxygen atoms in total. The molecule has 0 saturated heterocycles. The van der Waals surface area contributed by atoms with Gasteiger partial charge in [0.25, 0.3) is 10.0 Å². The Balaban J connectivity index is 2.35. The quantitative estimate of drug-likeness (QED) is 0.939. The largest absolute Gasteiger partial charge is 0.263 e. The summed E-state index contributed by atoms with van der Waals surface area (Å²) >= 11 is 0. The molecule has 0 unspecified atom stereocenters. The molecule has 102 valence electrons. The fraction of sp³-hybridized carbons (Fsp3) is 0. The summed E-state index contributed by atoms with van der Waals surface area (Å²) in [5.74, 6) is -2.51. The van der Waals surface area contributed by atoms with Gasteiger partial charge >= 0.3 is 0 Å². The van der Waals surface area contributed by atoms with Crippen LogP contribution in [-0.2, 0) is 10.0 Å². The van der Waals surface area contributed by atoms with Gasteiger partial charge in [0.1, 0.15) is 5.82 Å². The number of sulfonamides is 1. The van der Waals surface area contributed by atoms with Crippen molar-refractivity contribution in [3.8, 4) is 6.07 Å². The molecule has 0 aliphatic rings. The second-order valence-electron chi connectivity index (χ2n) is 3.72. The summed E-state index contributed by atoms with van der Waals surface area (Å²) in [7, 11) is -4.11. The van der Waals surface area contributed by atoms with Gasteiger partial charge in [-0.25, -0.2) is 22.2 Å². The Labute approximate surface area is 113 Å². The van der Waals surface area contributed by atoms with E-state index in [0.717, 1.165) is 6.07 Å². The highest BCUT2D eigenvalue weighted by Gasteiger charge is 2.17. The van der Waals surface area contributed by atoms with Crippen LogP contribution in [0.3, 0.4) is 0 Å². The minimum absolute atomic E-state index is 0.0891. The summed E-state index contributed by atoms with van der Waals surface area (Å²) in [6, 6.07) is 6.64. The molecule has 1 N–H and O–H groups in total. The molecule has 0 saturated carbocycles. The van der Waals surface area contributed by atoms with E-state index >= 15 is 0 Å². The third-order valence-corrected chi connectivity index (χ3v) is 3.68. The van der Waals surface area contributed by atoms with Crippen molar-refractivity contribution >= 4 is 15.8 Å². The highest BCUT2D eigenvalue weighted by molar-refractivity contribution is 7.92. The summed E-state index contributed by atoms with van der Waals surface area (Å²) < 4.78 is 51.8. The standard InChI is InChI=1S/C12H7F2N3O2S/c13-10-2-1-9(6-11(10)14)20(18,19)17-12-5-8(7-15)3-4-16-12/h1-6H,(H,16,17). The molecule has 0 aliphatic heterocycles. The fourth-order valence-electron chi connectivity index (χ4n) is 1.40. The van der Waals surface area contributed by atoms with Crippen LogP contribution in [0, 0.1) is 23.0 Å². The topological polar surface area (TPSA) is 82.8 Å². The number of nitrogens with one attached hydrogen (secondary N) is 1. The van der Waals surface area contributed by atoms with Crippen LogP contribution in [0.1, 0.15) is 5.56 Å². The highest BCUT2D eigenvalue weighted by Crippen LogP contribution is 2.17. The predicted molar refractivity (Wildman–Crippen MR) is 66.1 cm³/mol. The van der Waals surface area contributed by atoms with Gasteiger partial charge in [-0.2, -0.15) is 5.26 Å². The van der Waals surface area contributed by atoms with E-state index < -0.39 is 26.6 Å². The van der Waals surface area contributed by atoms with Crippen molar-refractivity contribution < 1.29 is 17.2 Å². The number of benzene rings is 1. The molecule has 0 atom stereocenters. The summed E-state index contributed by atoms with van der Waals surface area (Å²) in [6.45, 7) is 0. The lowest BCUT2D eigenvalue weighted by molar-refractivity contribution is 0.504. The SMILES string of the molecule is N#Cc1ccnc(NS(=O)(=O)c2ccc(F)c(F)c2)c1. The second kappa shape index (κ2) is 5.22. The first kappa shape index (κ1) is 13.9. The van der Waals surface area contributed by atoms with Gasteiger partial charge in [-0.05, 0) is 30.3 Å². The zero-order valence-corrected chi connectivity index (χ0v) is 10.7. The van der Waals surface area contributed by atoms with Crippen LogP contribution in [0.4, 0.5) is 14.6 Å². The van der Waals surface area contributed by atoms with Crippen LogP contribution in [0.2, 0.25) is 0 Å². The van der Waals surface area contributed by atoms with Gasteiger partial charge < -0.3 is 0 Å². The highest BCUT2D eigenvalue weighted by atomic mass is 32.2. The van der Waals surface area contributed by atoms with Gasteiger partial charge in [-0.3, -0.25) is 4.72 Å². The number of aromatic nitrogens is 1. The minimum atomic E-state index is -4.11. The minimum Gasteiger partial charge on any atom is -0.263 e. The molecule has 0 radical (unpaired) electrons. The number of nitrogens with zero attached hydrogens (tertiary/aromatic N) is 2. The summed E-state index contributed by atoms with van der Waals surface area (Å²) in [6.07, 6.45) is 1.25. The van der Waals surface area contributed by atoms with Crippen molar-refractivity contribution in [3.05, 3.63) is 53.7 Å². The molecule has 1 heterocycles. The van der Waals surface area contributed by atoms with Crippen LogP contribution in [0.25, 0.3) is 0 Å². The van der Waals surface area contributed by atoms with Gasteiger partial charge in [0.05, 0.1) is 16.5 Å². The van der Waals surface area contributed by atoms with Gasteiger partial charge in [-0.1, -0.05) is 0 Å². The van der Waals surface area contributed by atoms with E-state index in [1.165, 1.54) is 18.3 Å². The molecule has 2 rings (SSSR count). The average molecular weight is 295 g/mol. The van der Waals surface area contributed by atoms with E-state index in [1.807, 2.05) is 6.07 Å². The van der Waals surface area contributed by atoms with Crippen molar-refractivity contribution in [2.75, 3.05) is 4.72 Å². The lowest BCUT2D eigenvalue weighted by atomic mass is 10.3. The Kier molecular flexibility index (Phi) is 3.63. The number of hydrogen-bond acceptors (Lipinski definition) is 4. The maximum absolute atomic E-state index is 13.0. The molecule has 2 aromatic rings. The summed E-state index contributed by atoms with van der Waals surface area (Å²) in [5, 5.41) is 8.70. The van der Waals surface area contributed by atoms with Crippen LogP contribution in [0.5, 0.6) is 0 Å². The molecular weight excluding hydrogens is 288 g/mol. The first-order valence-electron chi connectivity index (χ1n) is 5.26. The molecule has 0 aliphatic carbocycles. The van der Waals surface area contributed by atoms with E-state index in [9.17, 15) is 17.2 Å². The van der Waals surface area contributed by atoms with Crippen molar-refractivity contribution in [3.63, 3.8) is 0 Å². The zero-order chi connectivity index (χ0) is 14.8. The molecule has 20 heavy (non-hydrogen) atoms. The first-order valence-corrected chi connectivity index (χ1v) is 6.75. The monoisotopic (exact) mass is 295 g/mol. The lowest BCUT2D eigenvalue weighted by Crippen LogP contribution is -2.14. The first-order chi connectivity index (χ1) is 9.42. The number of pyridine rings is 1. The van der Waals surface area contributed by atoms with E-state index in [4.69, 9.17) is 5.26 Å². The normalized spacial score (nSPS) is 10.8. The van der Waals surface area contributed by atoms with Crippen molar-refractivity contribution in [2.24, 2.45) is 0 Å². The fourth-order valence-corrected chi connectivity index (χ4v) is 2.41. The van der Waals surface area contributed by atoms with E-state index in [2.05, 4.69) is 9.71 Å². The Morgan fingerprint density at radius 3 is 2.55 bits per heavy atom. The number of anilines is 1. The number of nitriles is 1. The van der Waals surface area contributed by atoms with Crippen molar-refractivity contribution in [1.29, 1.82) is 5.26 Å². The van der Waals surface area contributed by atoms with Gasteiger partial charge in [0, 0.05) is 6.20 Å². The molecule has 0 bridgehead atoms. The van der Waals surface area contributed by atoms with Crippen LogP contribution in [0.15, 0.2) is 41.4 Å². The van der Waals surface area contributed by atoms with Crippen LogP contribution >= 0.6 is 0 Å². The smallest absolute Gasteiger partial charge is 0.263 e. The third kappa shape index (κ3) is 2.89. The molecular formula is C12H7F2N3O2S. The van der Waals surface area contributed by atoms with E-state index in [-0.39, 0.29) is 11.4 Å². The lowest BCUT2D eigenvalue weighted by Gasteiger charge is -2.07. The van der Waals surface area contributed by atoms with E-state index in [1.54, 1.807) is 0 Å².